The topological polar surface area (TPSA) is 84.9 Å². The van der Waals surface area contributed by atoms with Crippen LogP contribution in [0.15, 0.2) is 18.2 Å². The third-order valence-corrected chi connectivity index (χ3v) is 2.52. The Morgan fingerprint density at radius 3 is 2.89 bits per heavy atom. The Hall–Kier alpha value is -2.24. The van der Waals surface area contributed by atoms with Crippen molar-refractivity contribution in [2.75, 3.05) is 6.79 Å². The smallest absolute Gasteiger partial charge is 0.303 e. The zero-order valence-corrected chi connectivity index (χ0v) is 9.64. The summed E-state index contributed by atoms with van der Waals surface area (Å²) in [5.74, 6) is 0.0136. The van der Waals surface area contributed by atoms with Gasteiger partial charge in [0.25, 0.3) is 0 Å². The van der Waals surface area contributed by atoms with E-state index in [0.29, 0.717) is 18.0 Å². The van der Waals surface area contributed by atoms with E-state index in [-0.39, 0.29) is 25.5 Å². The minimum Gasteiger partial charge on any atom is -0.481 e. The Bertz CT molecular complexity index is 472. The SMILES string of the molecule is O=C(O)CCC(=O)NCc1cccc2c1OCO2. The molecule has 2 N–H and O–H groups in total. The van der Waals surface area contributed by atoms with E-state index in [4.69, 9.17) is 14.6 Å². The first-order valence-electron chi connectivity index (χ1n) is 5.53. The fraction of sp³-hybridized carbons (Fsp3) is 0.333. The highest BCUT2D eigenvalue weighted by atomic mass is 16.7. The van der Waals surface area contributed by atoms with Gasteiger partial charge in [-0.05, 0) is 6.07 Å². The number of hydrogen-bond donors (Lipinski definition) is 2. The van der Waals surface area contributed by atoms with E-state index in [0.717, 1.165) is 5.56 Å². The van der Waals surface area contributed by atoms with Crippen LogP contribution >= 0.6 is 0 Å². The summed E-state index contributed by atoms with van der Waals surface area (Å²) in [6, 6.07) is 5.43. The van der Waals surface area contributed by atoms with Gasteiger partial charge in [-0.3, -0.25) is 9.59 Å². The molecule has 1 amide bonds. The molecule has 1 aliphatic rings. The number of nitrogens with one attached hydrogen (secondary N) is 1. The van der Waals surface area contributed by atoms with Gasteiger partial charge < -0.3 is 19.9 Å². The molecular weight excluding hydrogens is 238 g/mol. The highest BCUT2D eigenvalue weighted by Gasteiger charge is 2.17. The van der Waals surface area contributed by atoms with Crippen LogP contribution in [0.5, 0.6) is 11.5 Å². The number of rotatable bonds is 5. The van der Waals surface area contributed by atoms with Crippen molar-refractivity contribution >= 4 is 11.9 Å². The van der Waals surface area contributed by atoms with Gasteiger partial charge in [0.1, 0.15) is 0 Å². The maximum Gasteiger partial charge on any atom is 0.303 e. The van der Waals surface area contributed by atoms with Crippen molar-refractivity contribution < 1.29 is 24.2 Å². The van der Waals surface area contributed by atoms with Gasteiger partial charge in [-0.1, -0.05) is 12.1 Å². The molecule has 0 spiro atoms. The van der Waals surface area contributed by atoms with E-state index < -0.39 is 5.97 Å². The van der Waals surface area contributed by atoms with E-state index in [1.807, 2.05) is 12.1 Å². The van der Waals surface area contributed by atoms with E-state index in [2.05, 4.69) is 5.32 Å². The summed E-state index contributed by atoms with van der Waals surface area (Å²) in [6.45, 7) is 0.476. The Morgan fingerprint density at radius 2 is 2.11 bits per heavy atom. The number of para-hydroxylation sites is 1. The summed E-state index contributed by atoms with van der Waals surface area (Å²) >= 11 is 0. The maximum atomic E-state index is 11.4. The molecule has 6 nitrogen and oxygen atoms in total. The minimum atomic E-state index is -0.984. The molecule has 96 valence electrons. The van der Waals surface area contributed by atoms with Crippen molar-refractivity contribution in [1.29, 1.82) is 0 Å². The average molecular weight is 251 g/mol. The normalized spacial score (nSPS) is 12.2. The second-order valence-corrected chi connectivity index (χ2v) is 3.82. The van der Waals surface area contributed by atoms with E-state index in [9.17, 15) is 9.59 Å². The average Bonchev–Trinajstić information content (AvgIpc) is 2.82. The van der Waals surface area contributed by atoms with Crippen molar-refractivity contribution in [2.24, 2.45) is 0 Å². The van der Waals surface area contributed by atoms with Crippen molar-refractivity contribution in [1.82, 2.24) is 5.32 Å². The first kappa shape index (κ1) is 12.2. The van der Waals surface area contributed by atoms with Crippen LogP contribution in [0.4, 0.5) is 0 Å². The number of benzene rings is 1. The summed E-state index contributed by atoms with van der Waals surface area (Å²) < 4.78 is 10.5. The standard InChI is InChI=1S/C12H13NO5/c14-10(4-5-11(15)16)13-6-8-2-1-3-9-12(8)18-7-17-9/h1-3H,4-7H2,(H,13,14)(H,15,16). The molecule has 18 heavy (non-hydrogen) atoms. The van der Waals surface area contributed by atoms with Crippen LogP contribution < -0.4 is 14.8 Å². The van der Waals surface area contributed by atoms with Gasteiger partial charge in [0, 0.05) is 18.5 Å². The van der Waals surface area contributed by atoms with Crippen LogP contribution in [0.25, 0.3) is 0 Å². The summed E-state index contributed by atoms with van der Waals surface area (Å²) in [5, 5.41) is 11.1. The molecule has 1 aromatic rings. The third kappa shape index (κ3) is 2.91. The molecule has 1 heterocycles. The van der Waals surface area contributed by atoms with Gasteiger partial charge >= 0.3 is 5.97 Å². The second kappa shape index (κ2) is 5.39. The molecule has 0 fully saturated rings. The fourth-order valence-electron chi connectivity index (χ4n) is 1.63. The summed E-state index contributed by atoms with van der Waals surface area (Å²) in [7, 11) is 0. The van der Waals surface area contributed by atoms with Gasteiger partial charge in [0.15, 0.2) is 11.5 Å². The van der Waals surface area contributed by atoms with Gasteiger partial charge in [0.2, 0.25) is 12.7 Å². The number of carboxylic acids is 1. The second-order valence-electron chi connectivity index (χ2n) is 3.82. The molecule has 2 rings (SSSR count). The molecule has 0 radical (unpaired) electrons. The van der Waals surface area contributed by atoms with Crippen molar-refractivity contribution in [3.8, 4) is 11.5 Å². The van der Waals surface area contributed by atoms with Crippen LogP contribution in [-0.4, -0.2) is 23.8 Å². The molecule has 6 heteroatoms. The van der Waals surface area contributed by atoms with Gasteiger partial charge in [-0.2, -0.15) is 0 Å². The number of fused-ring (bicyclic) bond motifs is 1. The van der Waals surface area contributed by atoms with Gasteiger partial charge in [-0.25, -0.2) is 0 Å². The van der Waals surface area contributed by atoms with Crippen molar-refractivity contribution in [3.63, 3.8) is 0 Å². The first-order chi connectivity index (χ1) is 8.66. The molecule has 0 aromatic heterocycles. The lowest BCUT2D eigenvalue weighted by Gasteiger charge is -2.07. The molecule has 0 saturated carbocycles. The molecular formula is C12H13NO5. The lowest BCUT2D eigenvalue weighted by molar-refractivity contribution is -0.138. The lowest BCUT2D eigenvalue weighted by Crippen LogP contribution is -2.23. The zero-order chi connectivity index (χ0) is 13.0. The van der Waals surface area contributed by atoms with Crippen LogP contribution in [0.1, 0.15) is 18.4 Å². The maximum absolute atomic E-state index is 11.4. The molecule has 0 aliphatic carbocycles. The minimum absolute atomic E-state index is 0.0261. The fourth-order valence-corrected chi connectivity index (χ4v) is 1.63. The molecule has 0 bridgehead atoms. The van der Waals surface area contributed by atoms with Crippen molar-refractivity contribution in [2.45, 2.75) is 19.4 Å². The van der Waals surface area contributed by atoms with Crippen LogP contribution in [0.3, 0.4) is 0 Å². The molecule has 1 aromatic carbocycles. The van der Waals surface area contributed by atoms with Crippen LogP contribution in [0, 0.1) is 0 Å². The molecule has 0 atom stereocenters. The first-order valence-corrected chi connectivity index (χ1v) is 5.53. The quantitative estimate of drug-likeness (QED) is 0.812. The highest BCUT2D eigenvalue weighted by Crippen LogP contribution is 2.35. The number of aliphatic carboxylic acids is 1. The monoisotopic (exact) mass is 251 g/mol. The lowest BCUT2D eigenvalue weighted by atomic mass is 10.2. The van der Waals surface area contributed by atoms with Crippen LogP contribution in [0.2, 0.25) is 0 Å². The number of ether oxygens (including phenoxy) is 2. The predicted octanol–water partition coefficient (Wildman–Crippen LogP) is 0.896. The van der Waals surface area contributed by atoms with Gasteiger partial charge in [0.05, 0.1) is 6.42 Å². The largest absolute Gasteiger partial charge is 0.481 e. The summed E-state index contributed by atoms with van der Waals surface area (Å²) in [4.78, 5) is 21.7. The Balaban J connectivity index is 1.89. The Labute approximate surface area is 104 Å². The van der Waals surface area contributed by atoms with Crippen LogP contribution in [-0.2, 0) is 16.1 Å². The number of amides is 1. The number of carbonyl (C=O) groups excluding carboxylic acids is 1. The Kier molecular flexibility index (Phi) is 3.66. The van der Waals surface area contributed by atoms with E-state index in [1.165, 1.54) is 0 Å². The number of hydrogen-bond acceptors (Lipinski definition) is 4. The number of carboxylic acid groups (broad SMARTS) is 1. The summed E-state index contributed by atoms with van der Waals surface area (Å²) in [5.41, 5.74) is 0.814. The predicted molar refractivity (Wildman–Crippen MR) is 61.3 cm³/mol. The summed E-state index contributed by atoms with van der Waals surface area (Å²) in [6.07, 6.45) is -0.194. The molecule has 1 aliphatic heterocycles. The number of carbonyl (C=O) groups is 2. The van der Waals surface area contributed by atoms with Crippen molar-refractivity contribution in [3.05, 3.63) is 23.8 Å². The highest BCUT2D eigenvalue weighted by molar-refractivity contribution is 5.80. The molecule has 0 saturated heterocycles. The van der Waals surface area contributed by atoms with E-state index in [1.54, 1.807) is 6.07 Å². The Morgan fingerprint density at radius 1 is 1.28 bits per heavy atom. The van der Waals surface area contributed by atoms with E-state index >= 15 is 0 Å². The zero-order valence-electron chi connectivity index (χ0n) is 9.64. The molecule has 0 unspecified atom stereocenters. The van der Waals surface area contributed by atoms with Gasteiger partial charge in [-0.15, -0.1) is 0 Å². The third-order valence-electron chi connectivity index (χ3n) is 2.52.